The Balaban J connectivity index is 1.73. The van der Waals surface area contributed by atoms with Crippen molar-refractivity contribution < 1.29 is 0 Å². The van der Waals surface area contributed by atoms with Gasteiger partial charge in [-0.15, -0.1) is 0 Å². The minimum Gasteiger partial charge on any atom is -0.353 e. The first-order valence-electron chi connectivity index (χ1n) is 8.50. The lowest BCUT2D eigenvalue weighted by Crippen LogP contribution is -2.46. The normalized spacial score (nSPS) is 18.3. The van der Waals surface area contributed by atoms with Crippen LogP contribution < -0.4 is 10.2 Å². The van der Waals surface area contributed by atoms with Gasteiger partial charge in [-0.1, -0.05) is 30.3 Å². The standard InChI is InChI=1S/C19H23N5/c1-13-11-18(24-19(21-13)14(2)15(3)22-24)23-10-9-20-17(12-23)16-7-5-4-6-8-16/h4-8,11,17,20H,9-10,12H2,1-3H3/t17-/m0/s1. The molecule has 0 unspecified atom stereocenters. The monoisotopic (exact) mass is 321 g/mol. The average Bonchev–Trinajstić information content (AvgIpc) is 2.90. The smallest absolute Gasteiger partial charge is 0.160 e. The summed E-state index contributed by atoms with van der Waals surface area (Å²) in [6.45, 7) is 9.07. The Bertz CT molecular complexity index is 868. The minimum atomic E-state index is 0.334. The van der Waals surface area contributed by atoms with E-state index in [9.17, 15) is 0 Å². The number of aromatic nitrogens is 3. The van der Waals surface area contributed by atoms with Crippen molar-refractivity contribution in [2.45, 2.75) is 26.8 Å². The van der Waals surface area contributed by atoms with Crippen LogP contribution in [0.3, 0.4) is 0 Å². The van der Waals surface area contributed by atoms with Gasteiger partial charge in [0, 0.05) is 43.0 Å². The number of anilines is 1. The maximum absolute atomic E-state index is 4.72. The van der Waals surface area contributed by atoms with Crippen molar-refractivity contribution in [3.63, 3.8) is 0 Å². The first kappa shape index (κ1) is 15.1. The van der Waals surface area contributed by atoms with Gasteiger partial charge in [-0.05, 0) is 26.3 Å². The minimum absolute atomic E-state index is 0.334. The predicted octanol–water partition coefficient (Wildman–Crippen LogP) is 2.81. The first-order chi connectivity index (χ1) is 11.6. The van der Waals surface area contributed by atoms with Crippen molar-refractivity contribution in [3.8, 4) is 0 Å². The first-order valence-corrected chi connectivity index (χ1v) is 8.50. The van der Waals surface area contributed by atoms with Gasteiger partial charge in [0.05, 0.1) is 5.69 Å². The van der Waals surface area contributed by atoms with E-state index in [4.69, 9.17) is 5.10 Å². The van der Waals surface area contributed by atoms with E-state index in [0.29, 0.717) is 6.04 Å². The molecule has 1 fully saturated rings. The lowest BCUT2D eigenvalue weighted by atomic mass is 10.0. The number of rotatable bonds is 2. The number of nitrogens with zero attached hydrogens (tertiary/aromatic N) is 4. The van der Waals surface area contributed by atoms with Crippen LogP contribution in [0, 0.1) is 20.8 Å². The highest BCUT2D eigenvalue weighted by molar-refractivity contribution is 5.57. The molecule has 1 saturated heterocycles. The van der Waals surface area contributed by atoms with Gasteiger partial charge in [-0.25, -0.2) is 4.98 Å². The molecule has 4 rings (SSSR count). The number of aryl methyl sites for hydroxylation is 3. The fourth-order valence-electron chi connectivity index (χ4n) is 3.42. The number of fused-ring (bicyclic) bond motifs is 1. The van der Waals surface area contributed by atoms with Crippen LogP contribution in [0.15, 0.2) is 36.4 Å². The summed E-state index contributed by atoms with van der Waals surface area (Å²) in [7, 11) is 0. The molecule has 3 heterocycles. The molecule has 1 aliphatic heterocycles. The molecule has 0 radical (unpaired) electrons. The SMILES string of the molecule is Cc1cc(N2CCN[C@H](c3ccccc3)C2)n2nc(C)c(C)c2n1. The molecule has 1 atom stereocenters. The Morgan fingerprint density at radius 3 is 2.71 bits per heavy atom. The largest absolute Gasteiger partial charge is 0.353 e. The number of hydrogen-bond acceptors (Lipinski definition) is 4. The third-order valence-corrected chi connectivity index (χ3v) is 4.87. The van der Waals surface area contributed by atoms with E-state index in [1.807, 2.05) is 11.4 Å². The van der Waals surface area contributed by atoms with Crippen LogP contribution in [0.25, 0.3) is 5.65 Å². The van der Waals surface area contributed by atoms with E-state index >= 15 is 0 Å². The lowest BCUT2D eigenvalue weighted by Gasteiger charge is -2.35. The Morgan fingerprint density at radius 1 is 1.12 bits per heavy atom. The summed E-state index contributed by atoms with van der Waals surface area (Å²) >= 11 is 0. The third-order valence-electron chi connectivity index (χ3n) is 4.87. The van der Waals surface area contributed by atoms with Crippen LogP contribution >= 0.6 is 0 Å². The van der Waals surface area contributed by atoms with Gasteiger partial charge in [0.1, 0.15) is 5.82 Å². The van der Waals surface area contributed by atoms with Crippen molar-refractivity contribution in [3.05, 3.63) is 58.9 Å². The van der Waals surface area contributed by atoms with Crippen LogP contribution in [0.5, 0.6) is 0 Å². The molecule has 0 bridgehead atoms. The van der Waals surface area contributed by atoms with Crippen molar-refractivity contribution >= 4 is 11.5 Å². The number of piperazine rings is 1. The van der Waals surface area contributed by atoms with Gasteiger partial charge >= 0.3 is 0 Å². The second kappa shape index (κ2) is 5.91. The van der Waals surface area contributed by atoms with E-state index in [2.05, 4.69) is 65.4 Å². The van der Waals surface area contributed by atoms with Gasteiger partial charge in [-0.3, -0.25) is 0 Å². The number of hydrogen-bond donors (Lipinski definition) is 1. The van der Waals surface area contributed by atoms with Gasteiger partial charge in [0.25, 0.3) is 0 Å². The van der Waals surface area contributed by atoms with E-state index in [1.54, 1.807) is 0 Å². The van der Waals surface area contributed by atoms with Crippen molar-refractivity contribution in [1.29, 1.82) is 0 Å². The van der Waals surface area contributed by atoms with E-state index in [0.717, 1.165) is 48.1 Å². The summed E-state index contributed by atoms with van der Waals surface area (Å²) in [4.78, 5) is 7.11. The maximum Gasteiger partial charge on any atom is 0.160 e. The van der Waals surface area contributed by atoms with E-state index in [1.165, 1.54) is 5.56 Å². The average molecular weight is 321 g/mol. The zero-order chi connectivity index (χ0) is 16.7. The molecule has 3 aromatic rings. The molecule has 5 nitrogen and oxygen atoms in total. The third kappa shape index (κ3) is 2.55. The highest BCUT2D eigenvalue weighted by Gasteiger charge is 2.23. The Morgan fingerprint density at radius 2 is 1.92 bits per heavy atom. The van der Waals surface area contributed by atoms with E-state index in [-0.39, 0.29) is 0 Å². The molecule has 0 spiro atoms. The van der Waals surface area contributed by atoms with Crippen molar-refractivity contribution in [1.82, 2.24) is 19.9 Å². The summed E-state index contributed by atoms with van der Waals surface area (Å²) in [6.07, 6.45) is 0. The number of nitrogens with one attached hydrogen (secondary N) is 1. The molecule has 2 aromatic heterocycles. The molecule has 0 saturated carbocycles. The van der Waals surface area contributed by atoms with Crippen LogP contribution in [0.4, 0.5) is 5.82 Å². The molecule has 24 heavy (non-hydrogen) atoms. The topological polar surface area (TPSA) is 45.5 Å². The van der Waals surface area contributed by atoms with Crippen LogP contribution in [0.2, 0.25) is 0 Å². The van der Waals surface area contributed by atoms with Crippen LogP contribution in [0.1, 0.15) is 28.6 Å². The summed E-state index contributed by atoms with van der Waals surface area (Å²) in [5.74, 6) is 1.14. The van der Waals surface area contributed by atoms with E-state index < -0.39 is 0 Å². The second-order valence-corrected chi connectivity index (χ2v) is 6.56. The number of benzene rings is 1. The second-order valence-electron chi connectivity index (χ2n) is 6.56. The zero-order valence-corrected chi connectivity index (χ0v) is 14.5. The molecule has 0 amide bonds. The maximum atomic E-state index is 4.72. The van der Waals surface area contributed by atoms with Gasteiger partial charge < -0.3 is 10.2 Å². The van der Waals surface area contributed by atoms with Crippen LogP contribution in [-0.2, 0) is 0 Å². The summed E-state index contributed by atoms with van der Waals surface area (Å²) in [5, 5.41) is 8.35. The molecular weight excluding hydrogens is 298 g/mol. The molecule has 1 N–H and O–H groups in total. The molecule has 1 aromatic carbocycles. The summed E-state index contributed by atoms with van der Waals surface area (Å²) < 4.78 is 2.00. The highest BCUT2D eigenvalue weighted by atomic mass is 15.4. The zero-order valence-electron chi connectivity index (χ0n) is 14.5. The highest BCUT2D eigenvalue weighted by Crippen LogP contribution is 2.25. The Labute approximate surface area is 142 Å². The predicted molar refractivity (Wildman–Crippen MR) is 96.6 cm³/mol. The molecule has 0 aliphatic carbocycles. The molecule has 5 heteroatoms. The molecule has 124 valence electrons. The summed E-state index contributed by atoms with van der Waals surface area (Å²) in [5.41, 5.74) is 5.54. The van der Waals surface area contributed by atoms with Gasteiger partial charge in [-0.2, -0.15) is 9.61 Å². The Kier molecular flexibility index (Phi) is 3.73. The fourth-order valence-corrected chi connectivity index (χ4v) is 3.42. The van der Waals surface area contributed by atoms with Gasteiger partial charge in [0.15, 0.2) is 5.65 Å². The summed E-state index contributed by atoms with van der Waals surface area (Å²) in [6, 6.07) is 13.1. The Hall–Kier alpha value is -2.40. The lowest BCUT2D eigenvalue weighted by molar-refractivity contribution is 0.467. The van der Waals surface area contributed by atoms with Crippen LogP contribution in [-0.4, -0.2) is 34.2 Å². The molecular formula is C19H23N5. The van der Waals surface area contributed by atoms with Gasteiger partial charge in [0.2, 0.25) is 0 Å². The van der Waals surface area contributed by atoms with Crippen molar-refractivity contribution in [2.24, 2.45) is 0 Å². The molecule has 1 aliphatic rings. The quantitative estimate of drug-likeness (QED) is 0.788. The van der Waals surface area contributed by atoms with Crippen molar-refractivity contribution in [2.75, 3.05) is 24.5 Å². The fraction of sp³-hybridized carbons (Fsp3) is 0.368.